The topological polar surface area (TPSA) is 43.8 Å². The monoisotopic (exact) mass is 151 g/mol. The molecule has 1 aromatic rings. The van der Waals surface area contributed by atoms with Gasteiger partial charge in [0.1, 0.15) is 11.6 Å². The summed E-state index contributed by atoms with van der Waals surface area (Å²) < 4.78 is 2.13. The van der Waals surface area contributed by atoms with Crippen LogP contribution in [0.25, 0.3) is 0 Å². The van der Waals surface area contributed by atoms with Crippen molar-refractivity contribution in [3.05, 3.63) is 12.0 Å². The molecule has 0 aliphatic carbocycles. The third kappa shape index (κ3) is 1.11. The number of hydrogen-bond acceptors (Lipinski definition) is 2. The van der Waals surface area contributed by atoms with E-state index in [0.29, 0.717) is 0 Å². The van der Waals surface area contributed by atoms with Crippen LogP contribution in [0.5, 0.6) is 0 Å². The van der Waals surface area contributed by atoms with E-state index in [1.807, 2.05) is 0 Å². The zero-order chi connectivity index (χ0) is 7.68. The van der Waals surface area contributed by atoms with Gasteiger partial charge in [-0.25, -0.2) is 4.98 Å². The van der Waals surface area contributed by atoms with Crippen LogP contribution in [-0.4, -0.2) is 9.55 Å². The molecule has 1 aliphatic heterocycles. The molecule has 0 aromatic carbocycles. The second-order valence-electron chi connectivity index (χ2n) is 3.06. The Hall–Kier alpha value is -0.990. The summed E-state index contributed by atoms with van der Waals surface area (Å²) in [6.45, 7) is 1.06. The van der Waals surface area contributed by atoms with E-state index >= 15 is 0 Å². The molecule has 0 fully saturated rings. The van der Waals surface area contributed by atoms with E-state index in [0.717, 1.165) is 18.8 Å². The molecule has 2 rings (SSSR count). The zero-order valence-electron chi connectivity index (χ0n) is 6.58. The van der Waals surface area contributed by atoms with Gasteiger partial charge in [0.05, 0.1) is 6.20 Å². The summed E-state index contributed by atoms with van der Waals surface area (Å²) in [6.07, 6.45) is 6.67. The van der Waals surface area contributed by atoms with Crippen LogP contribution in [-0.2, 0) is 13.0 Å². The van der Waals surface area contributed by atoms with Crippen molar-refractivity contribution < 1.29 is 0 Å². The van der Waals surface area contributed by atoms with Crippen molar-refractivity contribution in [3.63, 3.8) is 0 Å². The minimum atomic E-state index is 0.821. The lowest BCUT2D eigenvalue weighted by molar-refractivity contribution is 0.640. The maximum atomic E-state index is 5.73. The van der Waals surface area contributed by atoms with Gasteiger partial charge in [0.2, 0.25) is 0 Å². The van der Waals surface area contributed by atoms with Crippen LogP contribution in [0, 0.1) is 0 Å². The summed E-state index contributed by atoms with van der Waals surface area (Å²) in [4.78, 5) is 4.25. The molecular formula is C8H13N3. The molecule has 0 atom stereocenters. The van der Waals surface area contributed by atoms with Crippen molar-refractivity contribution in [2.75, 3.05) is 5.73 Å². The number of aryl methyl sites for hydroxylation is 1. The molecule has 2 heterocycles. The number of hydrogen-bond donors (Lipinski definition) is 1. The first-order chi connectivity index (χ1) is 5.38. The highest BCUT2D eigenvalue weighted by molar-refractivity contribution is 5.28. The smallest absolute Gasteiger partial charge is 0.123 e. The quantitative estimate of drug-likeness (QED) is 0.605. The lowest BCUT2D eigenvalue weighted by Crippen LogP contribution is -2.04. The number of nitrogens with zero attached hydrogens (tertiary/aromatic N) is 2. The second-order valence-corrected chi connectivity index (χ2v) is 3.06. The SMILES string of the molecule is Nc1cnc2n1CCCCC2. The van der Waals surface area contributed by atoms with Gasteiger partial charge in [0, 0.05) is 13.0 Å². The molecule has 0 saturated carbocycles. The molecule has 0 unspecified atom stereocenters. The molecule has 0 radical (unpaired) electrons. The van der Waals surface area contributed by atoms with E-state index in [-0.39, 0.29) is 0 Å². The highest BCUT2D eigenvalue weighted by atomic mass is 15.1. The van der Waals surface area contributed by atoms with Crippen molar-refractivity contribution in [2.45, 2.75) is 32.2 Å². The summed E-state index contributed by atoms with van der Waals surface area (Å²) in [5.41, 5.74) is 5.73. The molecular weight excluding hydrogens is 138 g/mol. The predicted octanol–water partition coefficient (Wildman–Crippen LogP) is 1.19. The molecule has 1 aromatic heterocycles. The van der Waals surface area contributed by atoms with E-state index in [2.05, 4.69) is 9.55 Å². The van der Waals surface area contributed by atoms with Crippen LogP contribution in [0.3, 0.4) is 0 Å². The molecule has 0 amide bonds. The van der Waals surface area contributed by atoms with Gasteiger partial charge in [-0.15, -0.1) is 0 Å². The second kappa shape index (κ2) is 2.57. The Balaban J connectivity index is 2.35. The molecule has 1 aliphatic rings. The summed E-state index contributed by atoms with van der Waals surface area (Å²) in [5.74, 6) is 1.99. The lowest BCUT2D eigenvalue weighted by atomic mass is 10.2. The Morgan fingerprint density at radius 1 is 1.36 bits per heavy atom. The summed E-state index contributed by atoms with van der Waals surface area (Å²) in [6, 6.07) is 0. The van der Waals surface area contributed by atoms with Gasteiger partial charge in [0.25, 0.3) is 0 Å². The highest BCUT2D eigenvalue weighted by Gasteiger charge is 2.09. The van der Waals surface area contributed by atoms with Crippen molar-refractivity contribution in [1.82, 2.24) is 9.55 Å². The van der Waals surface area contributed by atoms with E-state index in [4.69, 9.17) is 5.73 Å². The number of nitrogen functional groups attached to an aromatic ring is 1. The normalized spacial score (nSPS) is 17.5. The molecule has 2 N–H and O–H groups in total. The summed E-state index contributed by atoms with van der Waals surface area (Å²) in [5, 5.41) is 0. The first-order valence-electron chi connectivity index (χ1n) is 4.18. The Morgan fingerprint density at radius 2 is 2.27 bits per heavy atom. The van der Waals surface area contributed by atoms with Crippen LogP contribution in [0.4, 0.5) is 5.82 Å². The van der Waals surface area contributed by atoms with Gasteiger partial charge in [0.15, 0.2) is 0 Å². The Labute approximate surface area is 66.2 Å². The number of imidazole rings is 1. The molecule has 0 spiro atoms. The highest BCUT2D eigenvalue weighted by Crippen LogP contribution is 2.16. The number of anilines is 1. The Bertz CT molecular complexity index is 252. The van der Waals surface area contributed by atoms with Crippen LogP contribution in [0.1, 0.15) is 25.1 Å². The van der Waals surface area contributed by atoms with Crippen LogP contribution in [0.15, 0.2) is 6.20 Å². The summed E-state index contributed by atoms with van der Waals surface area (Å²) >= 11 is 0. The Morgan fingerprint density at radius 3 is 3.18 bits per heavy atom. The Kier molecular flexibility index (Phi) is 1.56. The van der Waals surface area contributed by atoms with Crippen molar-refractivity contribution >= 4 is 5.82 Å². The fraction of sp³-hybridized carbons (Fsp3) is 0.625. The number of fused-ring (bicyclic) bond motifs is 1. The van der Waals surface area contributed by atoms with Gasteiger partial charge in [-0.05, 0) is 12.8 Å². The number of nitrogens with two attached hydrogens (primary N) is 1. The van der Waals surface area contributed by atoms with E-state index in [1.165, 1.54) is 25.1 Å². The maximum absolute atomic E-state index is 5.73. The average molecular weight is 151 g/mol. The predicted molar refractivity (Wildman–Crippen MR) is 44.2 cm³/mol. The van der Waals surface area contributed by atoms with Crippen LogP contribution < -0.4 is 5.73 Å². The largest absolute Gasteiger partial charge is 0.384 e. The third-order valence-corrected chi connectivity index (χ3v) is 2.25. The molecule has 0 saturated heterocycles. The fourth-order valence-corrected chi connectivity index (χ4v) is 1.62. The lowest BCUT2D eigenvalue weighted by Gasteiger charge is -2.03. The average Bonchev–Trinajstić information content (AvgIpc) is 2.25. The molecule has 3 nitrogen and oxygen atoms in total. The minimum absolute atomic E-state index is 0.821. The van der Waals surface area contributed by atoms with Crippen molar-refractivity contribution in [1.29, 1.82) is 0 Å². The van der Waals surface area contributed by atoms with E-state index in [9.17, 15) is 0 Å². The standard InChI is InChI=1S/C8H13N3/c9-7-6-10-8-4-2-1-3-5-11(7)8/h6H,1-5,9H2. The van der Waals surface area contributed by atoms with Gasteiger partial charge in [-0.2, -0.15) is 0 Å². The third-order valence-electron chi connectivity index (χ3n) is 2.25. The molecule has 60 valence electrons. The van der Waals surface area contributed by atoms with E-state index < -0.39 is 0 Å². The maximum Gasteiger partial charge on any atom is 0.123 e. The molecule has 3 heteroatoms. The van der Waals surface area contributed by atoms with Gasteiger partial charge < -0.3 is 10.3 Å². The fourth-order valence-electron chi connectivity index (χ4n) is 1.62. The van der Waals surface area contributed by atoms with Gasteiger partial charge in [-0.1, -0.05) is 6.42 Å². The van der Waals surface area contributed by atoms with Gasteiger partial charge in [-0.3, -0.25) is 0 Å². The first kappa shape index (κ1) is 6.70. The minimum Gasteiger partial charge on any atom is -0.384 e. The van der Waals surface area contributed by atoms with Crippen LogP contribution in [0.2, 0.25) is 0 Å². The van der Waals surface area contributed by atoms with E-state index in [1.54, 1.807) is 6.20 Å². The molecule has 11 heavy (non-hydrogen) atoms. The zero-order valence-corrected chi connectivity index (χ0v) is 6.58. The van der Waals surface area contributed by atoms with Crippen molar-refractivity contribution in [3.8, 4) is 0 Å². The summed E-state index contributed by atoms with van der Waals surface area (Å²) in [7, 11) is 0. The number of rotatable bonds is 0. The molecule has 0 bridgehead atoms. The first-order valence-corrected chi connectivity index (χ1v) is 4.18. The van der Waals surface area contributed by atoms with Crippen molar-refractivity contribution in [2.24, 2.45) is 0 Å². The number of aromatic nitrogens is 2. The van der Waals surface area contributed by atoms with Gasteiger partial charge >= 0.3 is 0 Å². The van der Waals surface area contributed by atoms with Crippen LogP contribution >= 0.6 is 0 Å².